The van der Waals surface area contributed by atoms with Crippen molar-refractivity contribution in [3.63, 3.8) is 0 Å². The van der Waals surface area contributed by atoms with E-state index < -0.39 is 10.0 Å². The molecule has 0 aliphatic carbocycles. The van der Waals surface area contributed by atoms with Gasteiger partial charge in [-0.3, -0.25) is 0 Å². The third-order valence-electron chi connectivity index (χ3n) is 3.33. The van der Waals surface area contributed by atoms with Crippen molar-refractivity contribution in [2.24, 2.45) is 5.41 Å². The van der Waals surface area contributed by atoms with Crippen molar-refractivity contribution in [3.05, 3.63) is 0 Å². The Labute approximate surface area is 111 Å². The molecule has 0 bridgehead atoms. The summed E-state index contributed by atoms with van der Waals surface area (Å²) in [5, 5.41) is 3.29. The second-order valence-corrected chi connectivity index (χ2v) is 7.55. The average Bonchev–Trinajstić information content (AvgIpc) is 2.27. The van der Waals surface area contributed by atoms with Crippen LogP contribution in [0.15, 0.2) is 0 Å². The minimum absolute atomic E-state index is 0.0412. The molecule has 0 aromatic carbocycles. The molecule has 1 fully saturated rings. The SMILES string of the molecule is CC(C)OCCS(=O)(=O)NCC1(C)CCNCC1. The zero-order valence-electron chi connectivity index (χ0n) is 11.7. The maximum absolute atomic E-state index is 11.8. The molecule has 0 atom stereocenters. The Bertz CT molecular complexity index is 335. The molecule has 1 aliphatic rings. The molecule has 0 aromatic rings. The molecular weight excluding hydrogens is 252 g/mol. The highest BCUT2D eigenvalue weighted by molar-refractivity contribution is 7.89. The smallest absolute Gasteiger partial charge is 0.213 e. The summed E-state index contributed by atoms with van der Waals surface area (Å²) >= 11 is 0. The fourth-order valence-corrected chi connectivity index (χ4v) is 2.99. The summed E-state index contributed by atoms with van der Waals surface area (Å²) in [6.45, 7) is 8.65. The van der Waals surface area contributed by atoms with Crippen LogP contribution < -0.4 is 10.0 Å². The van der Waals surface area contributed by atoms with Gasteiger partial charge < -0.3 is 10.1 Å². The van der Waals surface area contributed by atoms with Crippen LogP contribution in [0.25, 0.3) is 0 Å². The van der Waals surface area contributed by atoms with E-state index in [-0.39, 0.29) is 23.9 Å². The van der Waals surface area contributed by atoms with Gasteiger partial charge >= 0.3 is 0 Å². The highest BCUT2D eigenvalue weighted by Gasteiger charge is 2.28. The van der Waals surface area contributed by atoms with Gasteiger partial charge in [-0.25, -0.2) is 13.1 Å². The monoisotopic (exact) mass is 278 g/mol. The zero-order valence-corrected chi connectivity index (χ0v) is 12.5. The van der Waals surface area contributed by atoms with Crippen molar-refractivity contribution in [2.75, 3.05) is 32.0 Å². The Morgan fingerprint density at radius 2 is 1.94 bits per heavy atom. The predicted molar refractivity (Wildman–Crippen MR) is 73.1 cm³/mol. The van der Waals surface area contributed by atoms with Gasteiger partial charge in [-0.15, -0.1) is 0 Å². The summed E-state index contributed by atoms with van der Waals surface area (Å²) in [4.78, 5) is 0. The van der Waals surface area contributed by atoms with Crippen molar-refractivity contribution in [1.82, 2.24) is 10.0 Å². The number of ether oxygens (including phenoxy) is 1. The van der Waals surface area contributed by atoms with Crippen molar-refractivity contribution in [2.45, 2.75) is 39.7 Å². The van der Waals surface area contributed by atoms with Crippen LogP contribution in [0.3, 0.4) is 0 Å². The summed E-state index contributed by atoms with van der Waals surface area (Å²) in [6, 6.07) is 0. The third kappa shape index (κ3) is 6.13. The van der Waals surface area contributed by atoms with Gasteiger partial charge in [-0.1, -0.05) is 6.92 Å². The lowest BCUT2D eigenvalue weighted by Crippen LogP contribution is -2.43. The molecule has 0 saturated carbocycles. The molecule has 1 aliphatic heterocycles. The van der Waals surface area contributed by atoms with E-state index in [1.807, 2.05) is 13.8 Å². The van der Waals surface area contributed by atoms with Crippen LogP contribution in [0.5, 0.6) is 0 Å². The van der Waals surface area contributed by atoms with Crippen molar-refractivity contribution < 1.29 is 13.2 Å². The predicted octanol–water partition coefficient (Wildman–Crippen LogP) is 0.721. The molecule has 1 rings (SSSR count). The summed E-state index contributed by atoms with van der Waals surface area (Å²) in [7, 11) is -3.21. The first-order valence-corrected chi connectivity index (χ1v) is 8.28. The number of piperidine rings is 1. The Hall–Kier alpha value is -0.170. The molecule has 5 nitrogen and oxygen atoms in total. The molecule has 108 valence electrons. The molecule has 0 radical (unpaired) electrons. The highest BCUT2D eigenvalue weighted by Crippen LogP contribution is 2.26. The zero-order chi connectivity index (χ0) is 13.6. The Morgan fingerprint density at radius 1 is 1.33 bits per heavy atom. The molecule has 18 heavy (non-hydrogen) atoms. The molecule has 0 amide bonds. The van der Waals surface area contributed by atoms with Gasteiger partial charge in [0.15, 0.2) is 0 Å². The van der Waals surface area contributed by atoms with Gasteiger partial charge in [-0.2, -0.15) is 0 Å². The van der Waals surface area contributed by atoms with Crippen LogP contribution in [-0.4, -0.2) is 46.5 Å². The standard InChI is InChI=1S/C12H26N2O3S/c1-11(2)17-8-9-18(15,16)14-10-12(3)4-6-13-7-5-12/h11,13-14H,4-10H2,1-3H3. The maximum Gasteiger partial charge on any atom is 0.213 e. The van der Waals surface area contributed by atoms with Crippen LogP contribution in [-0.2, 0) is 14.8 Å². The first-order valence-electron chi connectivity index (χ1n) is 6.63. The fourth-order valence-electron chi connectivity index (χ4n) is 1.96. The van der Waals surface area contributed by atoms with E-state index >= 15 is 0 Å². The number of hydrogen-bond acceptors (Lipinski definition) is 4. The summed E-state index contributed by atoms with van der Waals surface area (Å²) in [6.07, 6.45) is 2.10. The first kappa shape index (κ1) is 15.9. The Kier molecular flexibility index (Phi) is 6.04. The molecular formula is C12H26N2O3S. The van der Waals surface area contributed by atoms with Gasteiger partial charge in [0.1, 0.15) is 0 Å². The van der Waals surface area contributed by atoms with Gasteiger partial charge in [0, 0.05) is 6.54 Å². The second kappa shape index (κ2) is 6.84. The topological polar surface area (TPSA) is 67.4 Å². The number of hydrogen-bond donors (Lipinski definition) is 2. The van der Waals surface area contributed by atoms with Gasteiger partial charge in [0.2, 0.25) is 10.0 Å². The van der Waals surface area contributed by atoms with Crippen LogP contribution in [0.4, 0.5) is 0 Å². The largest absolute Gasteiger partial charge is 0.378 e. The van der Waals surface area contributed by atoms with Crippen LogP contribution >= 0.6 is 0 Å². The molecule has 0 unspecified atom stereocenters. The van der Waals surface area contributed by atoms with Crippen LogP contribution in [0.2, 0.25) is 0 Å². The van der Waals surface area contributed by atoms with Gasteiger partial charge in [-0.05, 0) is 45.2 Å². The van der Waals surface area contributed by atoms with E-state index in [2.05, 4.69) is 17.0 Å². The van der Waals surface area contributed by atoms with Crippen LogP contribution in [0, 0.1) is 5.41 Å². The average molecular weight is 278 g/mol. The summed E-state index contributed by atoms with van der Waals surface area (Å²) in [5.41, 5.74) is 0.0806. The van der Waals surface area contributed by atoms with E-state index in [4.69, 9.17) is 4.74 Å². The lowest BCUT2D eigenvalue weighted by atomic mass is 9.81. The lowest BCUT2D eigenvalue weighted by Gasteiger charge is -2.34. The minimum Gasteiger partial charge on any atom is -0.378 e. The van der Waals surface area contributed by atoms with Crippen LogP contribution in [0.1, 0.15) is 33.6 Å². The van der Waals surface area contributed by atoms with E-state index in [0.717, 1.165) is 25.9 Å². The van der Waals surface area contributed by atoms with Crippen molar-refractivity contribution >= 4 is 10.0 Å². The summed E-state index contributed by atoms with van der Waals surface area (Å²) < 4.78 is 31.6. The summed E-state index contributed by atoms with van der Waals surface area (Å²) in [5.74, 6) is 0.0412. The third-order valence-corrected chi connectivity index (χ3v) is 4.62. The molecule has 0 aromatic heterocycles. The maximum atomic E-state index is 11.8. The van der Waals surface area contributed by atoms with Gasteiger partial charge in [0.05, 0.1) is 18.5 Å². The van der Waals surface area contributed by atoms with E-state index in [1.54, 1.807) is 0 Å². The molecule has 0 spiro atoms. The fraction of sp³-hybridized carbons (Fsp3) is 1.00. The normalized spacial score (nSPS) is 20.2. The molecule has 1 heterocycles. The first-order chi connectivity index (χ1) is 8.33. The highest BCUT2D eigenvalue weighted by atomic mass is 32.2. The molecule has 2 N–H and O–H groups in total. The van der Waals surface area contributed by atoms with E-state index in [0.29, 0.717) is 6.54 Å². The van der Waals surface area contributed by atoms with E-state index in [1.165, 1.54) is 0 Å². The number of rotatable bonds is 7. The molecule has 1 saturated heterocycles. The number of nitrogens with one attached hydrogen (secondary N) is 2. The minimum atomic E-state index is -3.21. The lowest BCUT2D eigenvalue weighted by molar-refractivity contribution is 0.0911. The van der Waals surface area contributed by atoms with Crippen molar-refractivity contribution in [1.29, 1.82) is 0 Å². The second-order valence-electron chi connectivity index (χ2n) is 5.62. The van der Waals surface area contributed by atoms with E-state index in [9.17, 15) is 8.42 Å². The molecule has 6 heteroatoms. The Morgan fingerprint density at radius 3 is 2.50 bits per heavy atom. The van der Waals surface area contributed by atoms with Crippen molar-refractivity contribution in [3.8, 4) is 0 Å². The Balaban J connectivity index is 2.32. The van der Waals surface area contributed by atoms with Gasteiger partial charge in [0.25, 0.3) is 0 Å². The quantitative estimate of drug-likeness (QED) is 0.720. The number of sulfonamides is 1.